The Bertz CT molecular complexity index is 2690. The quantitative estimate of drug-likeness (QED) is 0.129. The van der Waals surface area contributed by atoms with Crippen LogP contribution >= 0.6 is 0 Å². The van der Waals surface area contributed by atoms with Gasteiger partial charge in [-0.2, -0.15) is 0 Å². The van der Waals surface area contributed by atoms with Crippen molar-refractivity contribution in [1.82, 2.24) is 14.1 Å². The molecule has 0 atom stereocenters. The van der Waals surface area contributed by atoms with Gasteiger partial charge >= 0.3 is 0 Å². The molecule has 0 bridgehead atoms. The molecule has 0 spiro atoms. The third-order valence-electron chi connectivity index (χ3n) is 9.70. The van der Waals surface area contributed by atoms with E-state index in [0.29, 0.717) is 17.1 Å². The van der Waals surface area contributed by atoms with E-state index in [0.717, 1.165) is 55.7 Å². The van der Waals surface area contributed by atoms with Crippen molar-refractivity contribution in [3.8, 4) is 39.8 Å². The van der Waals surface area contributed by atoms with Crippen LogP contribution in [-0.2, 0) is 10.8 Å². The summed E-state index contributed by atoms with van der Waals surface area (Å²) in [6.07, 6.45) is 9.39. The van der Waals surface area contributed by atoms with Gasteiger partial charge in [0, 0.05) is 39.5 Å². The van der Waals surface area contributed by atoms with Crippen molar-refractivity contribution in [2.24, 2.45) is 0 Å². The van der Waals surface area contributed by atoms with Crippen molar-refractivity contribution in [3.05, 3.63) is 163 Å². The minimum Gasteiger partial charge on any atom is -0.458 e. The third kappa shape index (κ3) is 6.28. The van der Waals surface area contributed by atoms with E-state index in [1.807, 2.05) is 88.4 Å². The van der Waals surface area contributed by atoms with Crippen LogP contribution in [-0.4, -0.2) is 14.1 Å². The topological polar surface area (TPSA) is 35.9 Å². The van der Waals surface area contributed by atoms with Gasteiger partial charge < -0.3 is 4.74 Å². The Morgan fingerprint density at radius 3 is 2.27 bits per heavy atom. The van der Waals surface area contributed by atoms with Crippen LogP contribution in [0.4, 0.5) is 0 Å². The van der Waals surface area contributed by atoms with E-state index >= 15 is 0 Å². The predicted octanol–water partition coefficient (Wildman–Crippen LogP) is 11.4. The zero-order valence-corrected chi connectivity index (χ0v) is 30.5. The van der Waals surface area contributed by atoms with Crippen molar-refractivity contribution in [1.29, 1.82) is 0 Å². The number of pyridine rings is 1. The number of hydrogen-bond donors (Lipinski definition) is 0. The molecule has 0 aliphatic heterocycles. The first-order valence-electron chi connectivity index (χ1n) is 19.2. The van der Waals surface area contributed by atoms with Gasteiger partial charge in [0.05, 0.1) is 22.4 Å². The highest BCUT2D eigenvalue weighted by Crippen LogP contribution is 2.37. The number of fused-ring (bicyclic) bond motifs is 3. The lowest BCUT2D eigenvalue weighted by molar-refractivity contribution is -0.598. The molecule has 0 amide bonds. The maximum absolute atomic E-state index is 8.07. The summed E-state index contributed by atoms with van der Waals surface area (Å²) in [4.78, 5) is 4.79. The molecule has 3 aromatic heterocycles. The molecule has 0 saturated carbocycles. The number of rotatable bonds is 6. The van der Waals surface area contributed by atoms with Gasteiger partial charge in [0.2, 0.25) is 0 Å². The van der Waals surface area contributed by atoms with Crippen molar-refractivity contribution < 1.29 is 13.4 Å². The van der Waals surface area contributed by atoms with Crippen LogP contribution in [0.1, 0.15) is 62.3 Å². The molecule has 5 heteroatoms. The van der Waals surface area contributed by atoms with Crippen LogP contribution in [0.5, 0.6) is 11.5 Å². The number of ether oxygens (including phenoxy) is 1. The molecule has 0 fully saturated rings. The zero-order chi connectivity index (χ0) is 38.7. The molecule has 0 aliphatic rings. The second-order valence-corrected chi connectivity index (χ2v) is 15.5. The van der Waals surface area contributed by atoms with Crippen LogP contribution in [0.3, 0.4) is 0 Å². The van der Waals surface area contributed by atoms with E-state index in [2.05, 4.69) is 101 Å². The molecule has 0 radical (unpaired) electrons. The first kappa shape index (κ1) is 29.8. The molecule has 0 aliphatic carbocycles. The summed E-state index contributed by atoms with van der Waals surface area (Å²) in [6, 6.07) is 40.5. The summed E-state index contributed by atoms with van der Waals surface area (Å²) in [6.45, 7) is 11.0. The third-order valence-corrected chi connectivity index (χ3v) is 9.70. The summed E-state index contributed by atoms with van der Waals surface area (Å²) in [7, 11) is 0. The van der Waals surface area contributed by atoms with Gasteiger partial charge in [-0.1, -0.05) is 102 Å². The molecule has 8 aromatic rings. The van der Waals surface area contributed by atoms with Crippen LogP contribution in [0.15, 0.2) is 140 Å². The Morgan fingerprint density at radius 1 is 0.692 bits per heavy atom. The molecule has 8 rings (SSSR count). The maximum atomic E-state index is 8.07. The van der Waals surface area contributed by atoms with E-state index < -0.39 is 6.85 Å². The molecule has 0 unspecified atom stereocenters. The molecule has 3 heterocycles. The highest BCUT2D eigenvalue weighted by atomic mass is 16.5. The normalized spacial score (nSPS) is 13.2. The van der Waals surface area contributed by atoms with Crippen molar-refractivity contribution in [3.63, 3.8) is 0 Å². The lowest BCUT2D eigenvalue weighted by atomic mass is 9.85. The lowest BCUT2D eigenvalue weighted by Crippen LogP contribution is -2.29. The molecule has 258 valence electrons. The van der Waals surface area contributed by atoms with Crippen LogP contribution in [0.2, 0.25) is 0 Å². The van der Waals surface area contributed by atoms with E-state index in [1.54, 1.807) is 12.1 Å². The monoisotopic (exact) mass is 683 g/mol. The first-order chi connectivity index (χ1) is 26.1. The van der Waals surface area contributed by atoms with E-state index in [9.17, 15) is 0 Å². The Labute approximate surface area is 310 Å². The Kier molecular flexibility index (Phi) is 7.26. The van der Waals surface area contributed by atoms with Crippen LogP contribution in [0, 0.1) is 13.2 Å². The maximum Gasteiger partial charge on any atom is 0.268 e. The second kappa shape index (κ2) is 12.7. The standard InChI is InChI=1S/C47H44N4O/c1-32-16-20-43-41(26-32)39-19-18-38(30-44(39)51(43)45-28-35(22-23-48-45)47(5,6)7)52-37-15-11-14-36(29-37)49-24-25-50(31-49)42-21-17-34(46(2,3)4)27-40(42)33-12-9-8-10-13-33/h8-30H,1-7H3/i1D3. The fourth-order valence-corrected chi connectivity index (χ4v) is 6.81. The summed E-state index contributed by atoms with van der Waals surface area (Å²) in [5.41, 5.74) is 8.65. The second-order valence-electron chi connectivity index (χ2n) is 15.5. The van der Waals surface area contributed by atoms with Crippen LogP contribution in [0.25, 0.3) is 50.1 Å². The van der Waals surface area contributed by atoms with Gasteiger partial charge in [0.15, 0.2) is 0 Å². The van der Waals surface area contributed by atoms with Gasteiger partial charge in [-0.3, -0.25) is 13.7 Å². The van der Waals surface area contributed by atoms with Crippen molar-refractivity contribution in [2.45, 2.75) is 59.2 Å². The number of benzene rings is 5. The van der Waals surface area contributed by atoms with Gasteiger partial charge in [-0.05, 0) is 101 Å². The Balaban J connectivity index is 1.16. The fourth-order valence-electron chi connectivity index (χ4n) is 6.81. The van der Waals surface area contributed by atoms with E-state index in [4.69, 9.17) is 13.8 Å². The highest BCUT2D eigenvalue weighted by molar-refractivity contribution is 6.09. The minimum atomic E-state index is -2.22. The Hall–Kier alpha value is -5.94. The summed E-state index contributed by atoms with van der Waals surface area (Å²) < 4.78 is 36.9. The fraction of sp³-hybridized carbons (Fsp3) is 0.191. The van der Waals surface area contributed by atoms with E-state index in [1.165, 1.54) is 5.56 Å². The largest absolute Gasteiger partial charge is 0.458 e. The minimum absolute atomic E-state index is 0.0152. The number of imidazole rings is 1. The number of aromatic nitrogens is 4. The summed E-state index contributed by atoms with van der Waals surface area (Å²) in [5.74, 6) is 2.08. The molecule has 0 N–H and O–H groups in total. The molecular weight excluding hydrogens is 637 g/mol. The molecular formula is C47H44N4O. The highest BCUT2D eigenvalue weighted by Gasteiger charge is 2.20. The number of hydrogen-bond acceptors (Lipinski definition) is 2. The van der Waals surface area contributed by atoms with Gasteiger partial charge in [-0.25, -0.2) is 4.98 Å². The molecule has 0 saturated heterocycles. The smallest absolute Gasteiger partial charge is 0.268 e. The van der Waals surface area contributed by atoms with Crippen LogP contribution < -0.4 is 9.30 Å². The average molecular weight is 684 g/mol. The summed E-state index contributed by atoms with van der Waals surface area (Å²) in [5, 5.41) is 1.77. The molecule has 5 nitrogen and oxygen atoms in total. The first-order valence-corrected chi connectivity index (χ1v) is 17.7. The summed E-state index contributed by atoms with van der Waals surface area (Å²) >= 11 is 0. The van der Waals surface area contributed by atoms with Gasteiger partial charge in [-0.15, -0.1) is 0 Å². The molecule has 52 heavy (non-hydrogen) atoms. The number of aryl methyl sites for hydroxylation is 1. The van der Waals surface area contributed by atoms with Gasteiger partial charge in [0.25, 0.3) is 6.33 Å². The Morgan fingerprint density at radius 2 is 1.48 bits per heavy atom. The van der Waals surface area contributed by atoms with E-state index in [-0.39, 0.29) is 10.8 Å². The van der Waals surface area contributed by atoms with Gasteiger partial charge in [0.1, 0.15) is 17.3 Å². The molecule has 5 aromatic carbocycles. The lowest BCUT2D eigenvalue weighted by Gasteiger charge is -2.22. The van der Waals surface area contributed by atoms with Crippen molar-refractivity contribution >= 4 is 21.8 Å². The average Bonchev–Trinajstić information content (AvgIpc) is 3.77. The zero-order valence-electron chi connectivity index (χ0n) is 33.5. The SMILES string of the molecule is [2H]C([2H])([2H])c1ccc2c(c1)c1ccc(Oc3cccc(-n4[c-][n+](-c5ccc(C(C)(C)C)cc5-c5ccccc5)cc4)c3)cc1n2-c1cc(C(C)(C)C)ccn1. The number of nitrogens with zero attached hydrogens (tertiary/aromatic N) is 4. The predicted molar refractivity (Wildman–Crippen MR) is 212 cm³/mol. The van der Waals surface area contributed by atoms with Crippen molar-refractivity contribution in [2.75, 3.05) is 0 Å².